The van der Waals surface area contributed by atoms with Crippen LogP contribution >= 0.6 is 38.6 Å². The first kappa shape index (κ1) is 15.2. The number of carboxylic acid groups (broad SMARTS) is 1. The smallest absolute Gasteiger partial charge is 0.305 e. The highest BCUT2D eigenvalue weighted by atomic mass is 79.9. The summed E-state index contributed by atoms with van der Waals surface area (Å²) in [5.41, 5.74) is 0.992. The van der Waals surface area contributed by atoms with E-state index in [2.05, 4.69) is 21.2 Å². The number of nitrogens with one attached hydrogen (secondary N) is 1. The molecule has 2 rings (SSSR count). The van der Waals surface area contributed by atoms with Crippen molar-refractivity contribution in [1.29, 1.82) is 0 Å². The number of carboxylic acids is 1. The Bertz CT molecular complexity index is 602. The summed E-state index contributed by atoms with van der Waals surface area (Å²) in [4.78, 5) is 24.5. The number of halogens is 1. The van der Waals surface area contributed by atoms with E-state index in [1.165, 1.54) is 22.7 Å². The molecule has 4 nitrogen and oxygen atoms in total. The SMILES string of the molecule is Cc1cc(C(=O)NC(CC(=O)O)c2cccs2)sc1Br. The van der Waals surface area contributed by atoms with Crippen LogP contribution in [0.25, 0.3) is 0 Å². The molecular formula is C13H12BrNO3S2. The summed E-state index contributed by atoms with van der Waals surface area (Å²) in [5, 5.41) is 13.6. The zero-order valence-electron chi connectivity index (χ0n) is 10.6. The molecule has 0 bridgehead atoms. The standard InChI is InChI=1S/C13H12BrNO3S2/c1-7-5-10(20-12(7)14)13(18)15-8(6-11(16)17)9-3-2-4-19-9/h2-5,8H,6H2,1H3,(H,15,18)(H,16,17). The average Bonchev–Trinajstić information content (AvgIpc) is 2.99. The van der Waals surface area contributed by atoms with Crippen LogP contribution in [0.2, 0.25) is 0 Å². The highest BCUT2D eigenvalue weighted by Crippen LogP contribution is 2.28. The topological polar surface area (TPSA) is 66.4 Å². The molecule has 0 spiro atoms. The van der Waals surface area contributed by atoms with Gasteiger partial charge in [0.25, 0.3) is 5.91 Å². The minimum Gasteiger partial charge on any atom is -0.481 e. The summed E-state index contributed by atoms with van der Waals surface area (Å²) in [5.74, 6) is -1.18. The van der Waals surface area contributed by atoms with Gasteiger partial charge < -0.3 is 10.4 Å². The summed E-state index contributed by atoms with van der Waals surface area (Å²) in [6.07, 6.45) is -0.127. The lowest BCUT2D eigenvalue weighted by Crippen LogP contribution is -2.29. The van der Waals surface area contributed by atoms with Crippen molar-refractivity contribution in [1.82, 2.24) is 5.32 Å². The molecule has 0 radical (unpaired) electrons. The summed E-state index contributed by atoms with van der Waals surface area (Å²) in [6, 6.07) is 4.96. The van der Waals surface area contributed by atoms with Gasteiger partial charge in [-0.3, -0.25) is 9.59 Å². The van der Waals surface area contributed by atoms with Crippen LogP contribution in [-0.2, 0) is 4.79 Å². The molecule has 1 amide bonds. The maximum atomic E-state index is 12.2. The molecule has 2 aromatic heterocycles. The highest BCUT2D eigenvalue weighted by Gasteiger charge is 2.21. The van der Waals surface area contributed by atoms with Gasteiger partial charge in [-0.15, -0.1) is 22.7 Å². The molecule has 2 aromatic rings. The molecule has 0 aliphatic carbocycles. The van der Waals surface area contributed by atoms with Crippen molar-refractivity contribution in [3.05, 3.63) is 42.7 Å². The number of carbonyl (C=O) groups excluding carboxylic acids is 1. The fourth-order valence-corrected chi connectivity index (χ4v) is 3.90. The summed E-state index contributed by atoms with van der Waals surface area (Å²) in [6.45, 7) is 1.91. The first-order valence-corrected chi connectivity index (χ1v) is 8.28. The van der Waals surface area contributed by atoms with Crippen molar-refractivity contribution in [3.63, 3.8) is 0 Å². The van der Waals surface area contributed by atoms with E-state index in [1.54, 1.807) is 6.07 Å². The van der Waals surface area contributed by atoms with Crippen LogP contribution in [0.4, 0.5) is 0 Å². The van der Waals surface area contributed by atoms with E-state index in [0.29, 0.717) is 4.88 Å². The van der Waals surface area contributed by atoms with Crippen LogP contribution in [0.5, 0.6) is 0 Å². The first-order chi connectivity index (χ1) is 9.47. The van der Waals surface area contributed by atoms with E-state index in [4.69, 9.17) is 5.11 Å². The number of thiophene rings is 2. The fraction of sp³-hybridized carbons (Fsp3) is 0.231. The minimum atomic E-state index is -0.938. The Balaban J connectivity index is 2.15. The Kier molecular flexibility index (Phi) is 4.95. The highest BCUT2D eigenvalue weighted by molar-refractivity contribution is 9.11. The zero-order chi connectivity index (χ0) is 14.7. The van der Waals surface area contributed by atoms with Crippen LogP contribution < -0.4 is 5.32 Å². The molecule has 0 aromatic carbocycles. The van der Waals surface area contributed by atoms with Crippen molar-refractivity contribution in [2.75, 3.05) is 0 Å². The quantitative estimate of drug-likeness (QED) is 0.836. The number of aryl methyl sites for hydroxylation is 1. The van der Waals surface area contributed by atoms with Gasteiger partial charge in [0.15, 0.2) is 0 Å². The van der Waals surface area contributed by atoms with E-state index in [9.17, 15) is 9.59 Å². The number of hydrogen-bond acceptors (Lipinski definition) is 4. The van der Waals surface area contributed by atoms with Crippen LogP contribution in [0.3, 0.4) is 0 Å². The van der Waals surface area contributed by atoms with Crippen molar-refractivity contribution in [2.24, 2.45) is 0 Å². The Labute approximate surface area is 132 Å². The third-order valence-electron chi connectivity index (χ3n) is 2.65. The lowest BCUT2D eigenvalue weighted by Gasteiger charge is -2.14. The lowest BCUT2D eigenvalue weighted by molar-refractivity contribution is -0.137. The predicted molar refractivity (Wildman–Crippen MR) is 83.5 cm³/mol. The van der Waals surface area contributed by atoms with Crippen molar-refractivity contribution >= 4 is 50.5 Å². The molecule has 7 heteroatoms. The Morgan fingerprint density at radius 2 is 2.25 bits per heavy atom. The van der Waals surface area contributed by atoms with Gasteiger partial charge in [-0.05, 0) is 45.9 Å². The molecular weight excluding hydrogens is 362 g/mol. The third kappa shape index (κ3) is 3.68. The molecule has 0 fully saturated rings. The van der Waals surface area contributed by atoms with E-state index in [-0.39, 0.29) is 12.3 Å². The normalized spacial score (nSPS) is 12.1. The van der Waals surface area contributed by atoms with E-state index in [1.807, 2.05) is 24.4 Å². The molecule has 0 saturated heterocycles. The number of rotatable bonds is 5. The van der Waals surface area contributed by atoms with Crippen LogP contribution in [-0.4, -0.2) is 17.0 Å². The fourth-order valence-electron chi connectivity index (χ4n) is 1.69. The molecule has 1 atom stereocenters. The van der Waals surface area contributed by atoms with Gasteiger partial charge in [-0.1, -0.05) is 6.07 Å². The summed E-state index contributed by atoms with van der Waals surface area (Å²) in [7, 11) is 0. The molecule has 2 N–H and O–H groups in total. The Hall–Kier alpha value is -1.18. The largest absolute Gasteiger partial charge is 0.481 e. The molecule has 106 valence electrons. The lowest BCUT2D eigenvalue weighted by atomic mass is 10.1. The third-order valence-corrected chi connectivity index (χ3v) is 5.77. The number of aliphatic carboxylic acids is 1. The Morgan fingerprint density at radius 1 is 1.50 bits per heavy atom. The second-order valence-electron chi connectivity index (χ2n) is 4.21. The van der Waals surface area contributed by atoms with Gasteiger partial charge in [0.05, 0.1) is 21.1 Å². The van der Waals surface area contributed by atoms with E-state index < -0.39 is 12.0 Å². The van der Waals surface area contributed by atoms with Gasteiger partial charge in [0, 0.05) is 4.88 Å². The van der Waals surface area contributed by atoms with Gasteiger partial charge >= 0.3 is 5.97 Å². The monoisotopic (exact) mass is 373 g/mol. The number of amides is 1. The van der Waals surface area contributed by atoms with Crippen molar-refractivity contribution in [3.8, 4) is 0 Å². The Morgan fingerprint density at radius 3 is 2.75 bits per heavy atom. The van der Waals surface area contributed by atoms with E-state index >= 15 is 0 Å². The van der Waals surface area contributed by atoms with Crippen molar-refractivity contribution < 1.29 is 14.7 Å². The minimum absolute atomic E-state index is 0.127. The molecule has 20 heavy (non-hydrogen) atoms. The van der Waals surface area contributed by atoms with Gasteiger partial charge in [-0.2, -0.15) is 0 Å². The van der Waals surface area contributed by atoms with Crippen molar-refractivity contribution in [2.45, 2.75) is 19.4 Å². The average molecular weight is 374 g/mol. The first-order valence-electron chi connectivity index (χ1n) is 5.79. The van der Waals surface area contributed by atoms with Gasteiger partial charge in [-0.25, -0.2) is 0 Å². The molecule has 0 aliphatic rings. The number of hydrogen-bond donors (Lipinski definition) is 2. The molecule has 1 unspecified atom stereocenters. The number of carbonyl (C=O) groups is 2. The van der Waals surface area contributed by atoms with Crippen LogP contribution in [0.15, 0.2) is 27.4 Å². The van der Waals surface area contributed by atoms with Gasteiger partial charge in [0.2, 0.25) is 0 Å². The maximum absolute atomic E-state index is 12.2. The van der Waals surface area contributed by atoms with Crippen LogP contribution in [0.1, 0.15) is 32.6 Å². The summed E-state index contributed by atoms with van der Waals surface area (Å²) < 4.78 is 0.911. The van der Waals surface area contributed by atoms with Crippen LogP contribution in [0, 0.1) is 6.92 Å². The predicted octanol–water partition coefficient (Wildman–Crippen LogP) is 3.83. The summed E-state index contributed by atoms with van der Waals surface area (Å²) >= 11 is 6.15. The molecule has 0 aliphatic heterocycles. The molecule has 0 saturated carbocycles. The second-order valence-corrected chi connectivity index (χ2v) is 7.56. The van der Waals surface area contributed by atoms with Gasteiger partial charge in [0.1, 0.15) is 0 Å². The zero-order valence-corrected chi connectivity index (χ0v) is 13.8. The maximum Gasteiger partial charge on any atom is 0.305 e. The second kappa shape index (κ2) is 6.51. The molecule has 2 heterocycles. The van der Waals surface area contributed by atoms with E-state index in [0.717, 1.165) is 14.2 Å².